The lowest BCUT2D eigenvalue weighted by Gasteiger charge is -2.04. The average Bonchev–Trinajstić information content (AvgIpc) is 2.82. The first-order valence-corrected chi connectivity index (χ1v) is 5.79. The summed E-state index contributed by atoms with van der Waals surface area (Å²) >= 11 is 0. The molecule has 0 saturated carbocycles. The van der Waals surface area contributed by atoms with E-state index in [0.29, 0.717) is 11.5 Å². The van der Waals surface area contributed by atoms with Crippen molar-refractivity contribution in [3.63, 3.8) is 0 Å². The molecular formula is C13H13N5. The van der Waals surface area contributed by atoms with Gasteiger partial charge in [-0.2, -0.15) is 9.61 Å². The topological polar surface area (TPSA) is 69.1 Å². The zero-order chi connectivity index (χ0) is 12.5. The predicted molar refractivity (Wildman–Crippen MR) is 68.8 cm³/mol. The van der Waals surface area contributed by atoms with E-state index in [1.165, 1.54) is 0 Å². The lowest BCUT2D eigenvalue weighted by atomic mass is 10.1. The Morgan fingerprint density at radius 3 is 2.56 bits per heavy atom. The maximum atomic E-state index is 5.85. The van der Waals surface area contributed by atoms with Crippen molar-refractivity contribution in [2.75, 3.05) is 0 Å². The van der Waals surface area contributed by atoms with Crippen molar-refractivity contribution in [2.24, 2.45) is 5.73 Å². The van der Waals surface area contributed by atoms with E-state index < -0.39 is 0 Å². The summed E-state index contributed by atoms with van der Waals surface area (Å²) in [4.78, 5) is 0. The molecule has 5 heteroatoms. The predicted octanol–water partition coefficient (Wildman–Crippen LogP) is 1.81. The van der Waals surface area contributed by atoms with Crippen molar-refractivity contribution in [3.05, 3.63) is 48.3 Å². The average molecular weight is 239 g/mol. The lowest BCUT2D eigenvalue weighted by Crippen LogP contribution is -2.11. The van der Waals surface area contributed by atoms with Crippen LogP contribution in [0, 0.1) is 0 Å². The van der Waals surface area contributed by atoms with Gasteiger partial charge in [0.25, 0.3) is 0 Å². The van der Waals surface area contributed by atoms with Crippen LogP contribution >= 0.6 is 0 Å². The van der Waals surface area contributed by atoms with Crippen molar-refractivity contribution in [3.8, 4) is 11.3 Å². The molecule has 0 radical (unpaired) electrons. The van der Waals surface area contributed by atoms with Gasteiger partial charge in [-0.15, -0.1) is 10.2 Å². The van der Waals surface area contributed by atoms with Crippen LogP contribution in [0.5, 0.6) is 0 Å². The highest BCUT2D eigenvalue weighted by molar-refractivity contribution is 5.59. The number of nitrogens with zero attached hydrogens (tertiary/aromatic N) is 4. The monoisotopic (exact) mass is 239 g/mol. The largest absolute Gasteiger partial charge is 0.321 e. The third-order valence-electron chi connectivity index (χ3n) is 2.76. The second kappa shape index (κ2) is 4.19. The molecule has 3 rings (SSSR count). The van der Waals surface area contributed by atoms with Gasteiger partial charge in [0.1, 0.15) is 0 Å². The normalized spacial score (nSPS) is 12.8. The molecule has 3 aromatic rings. The maximum Gasteiger partial charge on any atom is 0.178 e. The fourth-order valence-electron chi connectivity index (χ4n) is 1.85. The highest BCUT2D eigenvalue weighted by Crippen LogP contribution is 2.17. The van der Waals surface area contributed by atoms with Crippen LogP contribution in [0.4, 0.5) is 0 Å². The van der Waals surface area contributed by atoms with E-state index in [4.69, 9.17) is 5.73 Å². The van der Waals surface area contributed by atoms with E-state index in [9.17, 15) is 0 Å². The first kappa shape index (κ1) is 10.9. The van der Waals surface area contributed by atoms with Crippen LogP contribution in [0.2, 0.25) is 0 Å². The zero-order valence-corrected chi connectivity index (χ0v) is 9.99. The first-order chi connectivity index (χ1) is 8.75. The van der Waals surface area contributed by atoms with E-state index in [2.05, 4.69) is 15.3 Å². The fourth-order valence-corrected chi connectivity index (χ4v) is 1.85. The van der Waals surface area contributed by atoms with E-state index in [1.54, 1.807) is 4.52 Å². The summed E-state index contributed by atoms with van der Waals surface area (Å²) < 4.78 is 1.70. The summed E-state index contributed by atoms with van der Waals surface area (Å²) in [5.74, 6) is 0.669. The molecule has 0 fully saturated rings. The zero-order valence-electron chi connectivity index (χ0n) is 9.99. The molecule has 0 saturated heterocycles. The number of hydrogen-bond acceptors (Lipinski definition) is 4. The van der Waals surface area contributed by atoms with Gasteiger partial charge in [-0.3, -0.25) is 0 Å². The van der Waals surface area contributed by atoms with Gasteiger partial charge in [-0.05, 0) is 19.1 Å². The van der Waals surface area contributed by atoms with Gasteiger partial charge in [0.2, 0.25) is 0 Å². The van der Waals surface area contributed by atoms with Gasteiger partial charge in [-0.25, -0.2) is 0 Å². The third-order valence-corrected chi connectivity index (χ3v) is 2.76. The first-order valence-electron chi connectivity index (χ1n) is 5.79. The fraction of sp³-hybridized carbons (Fsp3) is 0.154. The Labute approximate surface area is 104 Å². The highest BCUT2D eigenvalue weighted by atomic mass is 15.4. The van der Waals surface area contributed by atoms with Gasteiger partial charge in [-0.1, -0.05) is 30.3 Å². The molecule has 0 bridgehead atoms. The van der Waals surface area contributed by atoms with Crippen molar-refractivity contribution < 1.29 is 0 Å². The van der Waals surface area contributed by atoms with Crippen LogP contribution in [0.15, 0.2) is 42.5 Å². The Morgan fingerprint density at radius 2 is 1.83 bits per heavy atom. The SMILES string of the molecule is C[C@@H](N)c1nnc2ccc(-c3ccccc3)nn12. The minimum Gasteiger partial charge on any atom is -0.321 e. The van der Waals surface area contributed by atoms with Crippen LogP contribution in [0.1, 0.15) is 18.8 Å². The highest BCUT2D eigenvalue weighted by Gasteiger charge is 2.11. The van der Waals surface area contributed by atoms with Crippen LogP contribution < -0.4 is 5.73 Å². The van der Waals surface area contributed by atoms with Gasteiger partial charge >= 0.3 is 0 Å². The molecule has 2 aromatic heterocycles. The Kier molecular flexibility index (Phi) is 2.53. The van der Waals surface area contributed by atoms with Gasteiger partial charge in [0.15, 0.2) is 11.5 Å². The molecular weight excluding hydrogens is 226 g/mol. The molecule has 1 atom stereocenters. The summed E-state index contributed by atoms with van der Waals surface area (Å²) in [7, 11) is 0. The van der Waals surface area contributed by atoms with E-state index in [-0.39, 0.29) is 6.04 Å². The van der Waals surface area contributed by atoms with E-state index >= 15 is 0 Å². The Hall–Kier alpha value is -2.27. The second-order valence-electron chi connectivity index (χ2n) is 4.20. The molecule has 2 N–H and O–H groups in total. The number of fused-ring (bicyclic) bond motifs is 1. The molecule has 0 amide bonds. The summed E-state index contributed by atoms with van der Waals surface area (Å²) in [6.45, 7) is 1.87. The molecule has 18 heavy (non-hydrogen) atoms. The van der Waals surface area contributed by atoms with Crippen molar-refractivity contribution in [2.45, 2.75) is 13.0 Å². The van der Waals surface area contributed by atoms with Crippen LogP contribution in [-0.2, 0) is 0 Å². The van der Waals surface area contributed by atoms with Gasteiger partial charge < -0.3 is 5.73 Å². The lowest BCUT2D eigenvalue weighted by molar-refractivity contribution is 0.696. The number of rotatable bonds is 2. The van der Waals surface area contributed by atoms with Crippen LogP contribution in [0.3, 0.4) is 0 Å². The minimum absolute atomic E-state index is 0.196. The van der Waals surface area contributed by atoms with Crippen LogP contribution in [0.25, 0.3) is 16.9 Å². The molecule has 5 nitrogen and oxygen atoms in total. The second-order valence-corrected chi connectivity index (χ2v) is 4.20. The van der Waals surface area contributed by atoms with Gasteiger partial charge in [0.05, 0.1) is 11.7 Å². The Balaban J connectivity index is 2.18. The molecule has 1 aromatic carbocycles. The van der Waals surface area contributed by atoms with Crippen molar-refractivity contribution in [1.29, 1.82) is 0 Å². The number of benzene rings is 1. The Morgan fingerprint density at radius 1 is 1.06 bits per heavy atom. The van der Waals surface area contributed by atoms with E-state index in [1.807, 2.05) is 49.4 Å². The maximum absolute atomic E-state index is 5.85. The minimum atomic E-state index is -0.196. The van der Waals surface area contributed by atoms with Crippen molar-refractivity contribution >= 4 is 5.65 Å². The summed E-state index contributed by atoms with van der Waals surface area (Å²) in [5.41, 5.74) is 8.50. The van der Waals surface area contributed by atoms with Gasteiger partial charge in [0, 0.05) is 5.56 Å². The summed E-state index contributed by atoms with van der Waals surface area (Å²) in [6, 6.07) is 13.6. The van der Waals surface area contributed by atoms with Crippen LogP contribution in [-0.4, -0.2) is 19.8 Å². The molecule has 0 unspecified atom stereocenters. The molecule has 0 aliphatic heterocycles. The quantitative estimate of drug-likeness (QED) is 0.740. The molecule has 90 valence electrons. The Bertz CT molecular complexity index is 672. The standard InChI is InChI=1S/C13H13N5/c1-9(14)13-16-15-12-8-7-11(17-18(12)13)10-5-3-2-4-6-10/h2-9H,14H2,1H3/t9-/m1/s1. The van der Waals surface area contributed by atoms with E-state index in [0.717, 1.165) is 11.3 Å². The molecule has 2 heterocycles. The number of aromatic nitrogens is 4. The third kappa shape index (κ3) is 1.74. The number of nitrogens with two attached hydrogens (primary N) is 1. The molecule has 0 spiro atoms. The molecule has 0 aliphatic rings. The molecule has 0 aliphatic carbocycles. The smallest absolute Gasteiger partial charge is 0.178 e. The van der Waals surface area contributed by atoms with Crippen molar-refractivity contribution in [1.82, 2.24) is 19.8 Å². The summed E-state index contributed by atoms with van der Waals surface area (Å²) in [6.07, 6.45) is 0. The summed E-state index contributed by atoms with van der Waals surface area (Å²) in [5, 5.41) is 12.6. The number of hydrogen-bond donors (Lipinski definition) is 1.